The van der Waals surface area contributed by atoms with E-state index in [0.717, 1.165) is 32.2 Å². The highest BCUT2D eigenvalue weighted by molar-refractivity contribution is 5.72. The van der Waals surface area contributed by atoms with Crippen LogP contribution in [0.25, 0.3) is 11.1 Å². The molecule has 1 atom stereocenters. The van der Waals surface area contributed by atoms with Gasteiger partial charge in [-0.2, -0.15) is 0 Å². The molecule has 4 heteroatoms. The van der Waals surface area contributed by atoms with Crippen LogP contribution in [0.2, 0.25) is 0 Å². The summed E-state index contributed by atoms with van der Waals surface area (Å²) in [6.45, 7) is 3.15. The van der Waals surface area contributed by atoms with E-state index in [-0.39, 0.29) is 11.4 Å². The maximum atomic E-state index is 13.2. The first kappa shape index (κ1) is 11.7. The van der Waals surface area contributed by atoms with Gasteiger partial charge in [0.25, 0.3) is 0 Å². The fourth-order valence-electron chi connectivity index (χ4n) is 2.84. The molecule has 1 N–H and O–H groups in total. The number of nitrogens with zero attached hydrogens (tertiary/aromatic N) is 1. The van der Waals surface area contributed by atoms with Gasteiger partial charge in [-0.15, -0.1) is 0 Å². The molecular weight excluding hydrogens is 231 g/mol. The van der Waals surface area contributed by atoms with E-state index in [0.29, 0.717) is 17.0 Å². The Bertz CT molecular complexity index is 558. The molecule has 0 bridgehead atoms. The second-order valence-electron chi connectivity index (χ2n) is 4.99. The summed E-state index contributed by atoms with van der Waals surface area (Å²) in [5.41, 5.74) is 1.12. The molecule has 1 saturated heterocycles. The van der Waals surface area contributed by atoms with Crippen molar-refractivity contribution in [2.75, 3.05) is 6.54 Å². The summed E-state index contributed by atoms with van der Waals surface area (Å²) in [7, 11) is 0. The second-order valence-corrected chi connectivity index (χ2v) is 4.99. The quantitative estimate of drug-likeness (QED) is 0.905. The van der Waals surface area contributed by atoms with Crippen LogP contribution in [-0.4, -0.2) is 11.5 Å². The third kappa shape index (κ3) is 1.81. The van der Waals surface area contributed by atoms with Crippen molar-refractivity contribution in [3.05, 3.63) is 29.9 Å². The Labute approximate surface area is 105 Å². The van der Waals surface area contributed by atoms with Gasteiger partial charge in [-0.05, 0) is 37.9 Å². The minimum Gasteiger partial charge on any atom is -0.439 e. The van der Waals surface area contributed by atoms with Crippen LogP contribution >= 0.6 is 0 Å². The van der Waals surface area contributed by atoms with Crippen LogP contribution in [0.4, 0.5) is 4.39 Å². The summed E-state index contributed by atoms with van der Waals surface area (Å²) in [5, 5.41) is 3.51. The summed E-state index contributed by atoms with van der Waals surface area (Å²) in [6, 6.07) is 4.48. The van der Waals surface area contributed by atoms with Crippen molar-refractivity contribution in [2.45, 2.75) is 38.1 Å². The van der Waals surface area contributed by atoms with Crippen LogP contribution < -0.4 is 5.32 Å². The van der Waals surface area contributed by atoms with Crippen LogP contribution in [0.15, 0.2) is 22.6 Å². The normalized spacial score (nSPS) is 23.9. The molecule has 3 nitrogen and oxygen atoms in total. The van der Waals surface area contributed by atoms with E-state index >= 15 is 0 Å². The molecule has 1 aromatic heterocycles. The molecule has 0 radical (unpaired) electrons. The number of oxazole rings is 1. The van der Waals surface area contributed by atoms with E-state index in [1.54, 1.807) is 6.07 Å². The SMILES string of the molecule is CCCC1(c2nc3cc(F)ccc3o2)CCCN1. The van der Waals surface area contributed by atoms with Crippen molar-refractivity contribution in [1.29, 1.82) is 0 Å². The largest absolute Gasteiger partial charge is 0.439 e. The Hall–Kier alpha value is -1.42. The van der Waals surface area contributed by atoms with Gasteiger partial charge in [0.05, 0.1) is 5.54 Å². The summed E-state index contributed by atoms with van der Waals surface area (Å²) >= 11 is 0. The number of nitrogens with one attached hydrogen (secondary N) is 1. The Morgan fingerprint density at radius 2 is 2.39 bits per heavy atom. The summed E-state index contributed by atoms with van der Waals surface area (Å²) in [4.78, 5) is 4.48. The predicted octanol–water partition coefficient (Wildman–Crippen LogP) is 3.35. The predicted molar refractivity (Wildman–Crippen MR) is 67.8 cm³/mol. The molecule has 0 aliphatic carbocycles. The minimum atomic E-state index is -0.272. The number of fused-ring (bicyclic) bond motifs is 1. The van der Waals surface area contributed by atoms with Gasteiger partial charge in [-0.3, -0.25) is 0 Å². The van der Waals surface area contributed by atoms with Gasteiger partial charge in [0.2, 0.25) is 5.89 Å². The lowest BCUT2D eigenvalue weighted by Crippen LogP contribution is -2.36. The molecule has 1 aliphatic rings. The van der Waals surface area contributed by atoms with E-state index in [2.05, 4.69) is 17.2 Å². The number of benzene rings is 1. The molecule has 1 aromatic carbocycles. The third-order valence-electron chi connectivity index (χ3n) is 3.68. The van der Waals surface area contributed by atoms with Crippen LogP contribution in [0, 0.1) is 5.82 Å². The molecule has 3 rings (SSSR count). The summed E-state index contributed by atoms with van der Waals surface area (Å²) in [6.07, 6.45) is 4.24. The zero-order valence-corrected chi connectivity index (χ0v) is 10.5. The number of hydrogen-bond acceptors (Lipinski definition) is 3. The smallest absolute Gasteiger partial charge is 0.215 e. The molecule has 18 heavy (non-hydrogen) atoms. The Morgan fingerprint density at radius 3 is 3.11 bits per heavy atom. The topological polar surface area (TPSA) is 38.1 Å². The monoisotopic (exact) mass is 248 g/mol. The number of hydrogen-bond donors (Lipinski definition) is 1. The van der Waals surface area contributed by atoms with Gasteiger partial charge < -0.3 is 9.73 Å². The van der Waals surface area contributed by atoms with Crippen molar-refractivity contribution >= 4 is 11.1 Å². The van der Waals surface area contributed by atoms with E-state index < -0.39 is 0 Å². The van der Waals surface area contributed by atoms with Gasteiger partial charge in [0, 0.05) is 6.07 Å². The zero-order valence-electron chi connectivity index (χ0n) is 10.5. The Morgan fingerprint density at radius 1 is 1.50 bits per heavy atom. The summed E-state index contributed by atoms with van der Waals surface area (Å²) in [5.74, 6) is 0.439. The lowest BCUT2D eigenvalue weighted by molar-refractivity contribution is 0.279. The molecule has 0 spiro atoms. The van der Waals surface area contributed by atoms with Gasteiger partial charge in [0.15, 0.2) is 5.58 Å². The van der Waals surface area contributed by atoms with E-state index in [1.165, 1.54) is 12.1 Å². The lowest BCUT2D eigenvalue weighted by Gasteiger charge is -2.25. The lowest BCUT2D eigenvalue weighted by atomic mass is 9.92. The first-order chi connectivity index (χ1) is 8.73. The van der Waals surface area contributed by atoms with E-state index in [9.17, 15) is 4.39 Å². The van der Waals surface area contributed by atoms with Crippen LogP contribution in [0.5, 0.6) is 0 Å². The van der Waals surface area contributed by atoms with Crippen LogP contribution in [0.3, 0.4) is 0 Å². The maximum Gasteiger partial charge on any atom is 0.215 e. The van der Waals surface area contributed by atoms with Gasteiger partial charge in [-0.1, -0.05) is 13.3 Å². The van der Waals surface area contributed by atoms with Gasteiger partial charge >= 0.3 is 0 Å². The van der Waals surface area contributed by atoms with E-state index in [1.807, 2.05) is 0 Å². The standard InChI is InChI=1S/C14H17FN2O/c1-2-6-14(7-3-8-16-14)13-17-11-9-10(15)4-5-12(11)18-13/h4-5,9,16H,2-3,6-8H2,1H3. The third-order valence-corrected chi connectivity index (χ3v) is 3.68. The average molecular weight is 248 g/mol. The van der Waals surface area contributed by atoms with Crippen LogP contribution in [-0.2, 0) is 5.54 Å². The minimum absolute atomic E-state index is 0.149. The molecule has 0 amide bonds. The summed E-state index contributed by atoms with van der Waals surface area (Å²) < 4.78 is 19.0. The Kier molecular flexibility index (Phi) is 2.82. The Balaban J connectivity index is 2.06. The van der Waals surface area contributed by atoms with Crippen molar-refractivity contribution in [2.24, 2.45) is 0 Å². The molecular formula is C14H17FN2O. The number of halogens is 1. The van der Waals surface area contributed by atoms with Crippen molar-refractivity contribution in [3.8, 4) is 0 Å². The maximum absolute atomic E-state index is 13.2. The highest BCUT2D eigenvalue weighted by atomic mass is 19.1. The van der Waals surface area contributed by atoms with Crippen molar-refractivity contribution < 1.29 is 8.81 Å². The highest BCUT2D eigenvalue weighted by Gasteiger charge is 2.39. The zero-order chi connectivity index (χ0) is 12.6. The molecule has 1 fully saturated rings. The molecule has 0 saturated carbocycles. The molecule has 1 unspecified atom stereocenters. The highest BCUT2D eigenvalue weighted by Crippen LogP contribution is 2.36. The van der Waals surface area contributed by atoms with Gasteiger partial charge in [0.1, 0.15) is 11.3 Å². The average Bonchev–Trinajstić information content (AvgIpc) is 2.95. The van der Waals surface area contributed by atoms with E-state index in [4.69, 9.17) is 4.42 Å². The second kappa shape index (κ2) is 4.35. The molecule has 96 valence electrons. The fraction of sp³-hybridized carbons (Fsp3) is 0.500. The molecule has 1 aliphatic heterocycles. The van der Waals surface area contributed by atoms with Gasteiger partial charge in [-0.25, -0.2) is 9.37 Å². The van der Waals surface area contributed by atoms with Crippen molar-refractivity contribution in [3.63, 3.8) is 0 Å². The first-order valence-electron chi connectivity index (χ1n) is 6.55. The number of aromatic nitrogens is 1. The van der Waals surface area contributed by atoms with Crippen molar-refractivity contribution in [1.82, 2.24) is 10.3 Å². The molecule has 2 aromatic rings. The molecule has 2 heterocycles. The van der Waals surface area contributed by atoms with Crippen LogP contribution in [0.1, 0.15) is 38.5 Å². The first-order valence-corrected chi connectivity index (χ1v) is 6.55. The number of rotatable bonds is 3. The fourth-order valence-corrected chi connectivity index (χ4v) is 2.84.